The van der Waals surface area contributed by atoms with Crippen molar-refractivity contribution in [2.24, 2.45) is 11.8 Å². The summed E-state index contributed by atoms with van der Waals surface area (Å²) in [6, 6.07) is 0. The molecule has 0 heterocycles. The molecule has 0 radical (unpaired) electrons. The lowest BCUT2D eigenvalue weighted by molar-refractivity contribution is 0.707. The van der Waals surface area contributed by atoms with Crippen LogP contribution in [-0.2, 0) is 0 Å². The lowest BCUT2D eigenvalue weighted by atomic mass is 9.92. The van der Waals surface area contributed by atoms with E-state index in [0.717, 1.165) is 0 Å². The minimum atomic E-state index is 0.606. The summed E-state index contributed by atoms with van der Waals surface area (Å²) >= 11 is 0. The summed E-state index contributed by atoms with van der Waals surface area (Å²) in [7, 11) is 0. The van der Waals surface area contributed by atoms with Gasteiger partial charge in [0.25, 0.3) is 0 Å². The van der Waals surface area contributed by atoms with E-state index < -0.39 is 0 Å². The van der Waals surface area contributed by atoms with Gasteiger partial charge in [-0.15, -0.1) is 0 Å². The Labute approximate surface area is 98.5 Å². The van der Waals surface area contributed by atoms with Crippen molar-refractivity contribution in [1.29, 1.82) is 0 Å². The summed E-state index contributed by atoms with van der Waals surface area (Å²) in [5.41, 5.74) is 2.87. The smallest absolute Gasteiger partial charge is 0.0219 e. The molecule has 0 rings (SSSR count). The molecule has 0 unspecified atom stereocenters. The van der Waals surface area contributed by atoms with E-state index in [4.69, 9.17) is 0 Å². The Kier molecular flexibility index (Phi) is 17.9. The molecule has 0 bridgehead atoms. The molecular formula is C15H32. The monoisotopic (exact) mass is 212 g/mol. The molecule has 0 atom stereocenters. The van der Waals surface area contributed by atoms with Gasteiger partial charge in [-0.2, -0.15) is 0 Å². The third kappa shape index (κ3) is 9.78. The van der Waals surface area contributed by atoms with Crippen LogP contribution >= 0.6 is 0 Å². The number of rotatable bonds is 3. The van der Waals surface area contributed by atoms with Gasteiger partial charge in [0.1, 0.15) is 0 Å². The molecule has 0 nitrogen and oxygen atoms in total. The molecule has 0 aromatic rings. The van der Waals surface area contributed by atoms with E-state index in [9.17, 15) is 0 Å². The normalized spacial score (nSPS) is 10.9. The maximum absolute atomic E-state index is 3.83. The highest BCUT2D eigenvalue weighted by Gasteiger charge is 2.05. The Hall–Kier alpha value is -0.520. The third-order valence-corrected chi connectivity index (χ3v) is 2.16. The van der Waals surface area contributed by atoms with Crippen LogP contribution in [0.2, 0.25) is 0 Å². The standard InChI is InChI=1S/C11H20.2C2H6/c1-7-11(9(4)5)10(6)8(2)3;2*1-2/h7-9H,1H2,2-6H3;2*1-2H3/b11-10-;;. The SMILES string of the molecule is C=C/C(=C(\C)C(C)C)C(C)C.CC.CC. The van der Waals surface area contributed by atoms with Crippen molar-refractivity contribution in [2.45, 2.75) is 62.3 Å². The Morgan fingerprint density at radius 1 is 0.867 bits per heavy atom. The number of hydrogen-bond acceptors (Lipinski definition) is 0. The van der Waals surface area contributed by atoms with Crippen molar-refractivity contribution < 1.29 is 0 Å². The third-order valence-electron chi connectivity index (χ3n) is 2.16. The molecular weight excluding hydrogens is 180 g/mol. The molecule has 0 aliphatic carbocycles. The highest BCUT2D eigenvalue weighted by Crippen LogP contribution is 2.21. The molecule has 0 aliphatic heterocycles. The van der Waals surface area contributed by atoms with Gasteiger partial charge in [0.05, 0.1) is 0 Å². The maximum Gasteiger partial charge on any atom is -0.0219 e. The molecule has 0 saturated carbocycles. The van der Waals surface area contributed by atoms with Crippen LogP contribution in [0.25, 0.3) is 0 Å². The van der Waals surface area contributed by atoms with Gasteiger partial charge < -0.3 is 0 Å². The number of allylic oxidation sites excluding steroid dienone is 3. The minimum absolute atomic E-state index is 0.606. The van der Waals surface area contributed by atoms with Crippen molar-refractivity contribution in [3.8, 4) is 0 Å². The fraction of sp³-hybridized carbons (Fsp3) is 0.733. The molecule has 15 heavy (non-hydrogen) atoms. The lowest BCUT2D eigenvalue weighted by Gasteiger charge is -2.14. The van der Waals surface area contributed by atoms with Gasteiger partial charge in [0.2, 0.25) is 0 Å². The zero-order chi connectivity index (χ0) is 13.0. The first-order valence-corrected chi connectivity index (χ1v) is 6.33. The van der Waals surface area contributed by atoms with E-state index >= 15 is 0 Å². The van der Waals surface area contributed by atoms with Crippen LogP contribution in [0.3, 0.4) is 0 Å². The van der Waals surface area contributed by atoms with Gasteiger partial charge in [-0.25, -0.2) is 0 Å². The van der Waals surface area contributed by atoms with Crippen molar-refractivity contribution in [2.75, 3.05) is 0 Å². The Balaban J connectivity index is -0.000000318. The Morgan fingerprint density at radius 3 is 1.27 bits per heavy atom. The first-order valence-electron chi connectivity index (χ1n) is 6.33. The Bertz CT molecular complexity index is 159. The van der Waals surface area contributed by atoms with E-state index in [1.165, 1.54) is 11.1 Å². The summed E-state index contributed by atoms with van der Waals surface area (Å²) in [5, 5.41) is 0. The topological polar surface area (TPSA) is 0 Å². The molecule has 0 aromatic carbocycles. The van der Waals surface area contributed by atoms with Crippen LogP contribution in [0.15, 0.2) is 23.8 Å². The summed E-state index contributed by atoms with van der Waals surface area (Å²) < 4.78 is 0. The van der Waals surface area contributed by atoms with Gasteiger partial charge in [-0.05, 0) is 24.3 Å². The van der Waals surface area contributed by atoms with E-state index in [1.807, 2.05) is 33.8 Å². The summed E-state index contributed by atoms with van der Waals surface area (Å²) in [6.07, 6.45) is 1.99. The fourth-order valence-electron chi connectivity index (χ4n) is 1.19. The highest BCUT2D eigenvalue weighted by atomic mass is 14.1. The van der Waals surface area contributed by atoms with Crippen molar-refractivity contribution >= 4 is 0 Å². The molecule has 0 aliphatic rings. The van der Waals surface area contributed by atoms with Gasteiger partial charge >= 0.3 is 0 Å². The van der Waals surface area contributed by atoms with Crippen LogP contribution in [0, 0.1) is 11.8 Å². The zero-order valence-electron chi connectivity index (χ0n) is 12.4. The molecule has 0 N–H and O–H groups in total. The highest BCUT2D eigenvalue weighted by molar-refractivity contribution is 5.25. The average molecular weight is 212 g/mol. The van der Waals surface area contributed by atoms with E-state index in [-0.39, 0.29) is 0 Å². The van der Waals surface area contributed by atoms with Crippen molar-refractivity contribution in [1.82, 2.24) is 0 Å². The minimum Gasteiger partial charge on any atom is -0.0988 e. The molecule has 0 saturated heterocycles. The van der Waals surface area contributed by atoms with Crippen molar-refractivity contribution in [3.05, 3.63) is 23.8 Å². The van der Waals surface area contributed by atoms with E-state index in [1.54, 1.807) is 0 Å². The van der Waals surface area contributed by atoms with Gasteiger partial charge in [0.15, 0.2) is 0 Å². The summed E-state index contributed by atoms with van der Waals surface area (Å²) in [6.45, 7) is 22.9. The lowest BCUT2D eigenvalue weighted by Crippen LogP contribution is -1.99. The van der Waals surface area contributed by atoms with Crippen LogP contribution < -0.4 is 0 Å². The summed E-state index contributed by atoms with van der Waals surface area (Å²) in [4.78, 5) is 0. The first kappa shape index (κ1) is 20.0. The predicted octanol–water partition coefficient (Wildman–Crippen LogP) is 5.85. The molecule has 0 heteroatoms. The second kappa shape index (κ2) is 13.5. The molecule has 0 aromatic heterocycles. The largest absolute Gasteiger partial charge is 0.0988 e. The first-order chi connectivity index (χ1) is 7.00. The van der Waals surface area contributed by atoms with E-state index in [2.05, 4.69) is 41.2 Å². The fourth-order valence-corrected chi connectivity index (χ4v) is 1.19. The van der Waals surface area contributed by atoms with Crippen LogP contribution in [0.5, 0.6) is 0 Å². The Morgan fingerprint density at radius 2 is 1.20 bits per heavy atom. The number of hydrogen-bond donors (Lipinski definition) is 0. The van der Waals surface area contributed by atoms with E-state index in [0.29, 0.717) is 11.8 Å². The molecule has 0 spiro atoms. The van der Waals surface area contributed by atoms with Crippen LogP contribution in [0.1, 0.15) is 62.3 Å². The van der Waals surface area contributed by atoms with Gasteiger partial charge in [-0.1, -0.05) is 73.6 Å². The van der Waals surface area contributed by atoms with Crippen molar-refractivity contribution in [3.63, 3.8) is 0 Å². The molecule has 0 amide bonds. The summed E-state index contributed by atoms with van der Waals surface area (Å²) in [5.74, 6) is 1.25. The predicted molar refractivity (Wildman–Crippen MR) is 75.3 cm³/mol. The quantitative estimate of drug-likeness (QED) is 0.514. The van der Waals surface area contributed by atoms with Gasteiger partial charge in [-0.3, -0.25) is 0 Å². The second-order valence-corrected chi connectivity index (χ2v) is 3.65. The average Bonchev–Trinajstić information content (AvgIpc) is 2.24. The second-order valence-electron chi connectivity index (χ2n) is 3.65. The van der Waals surface area contributed by atoms with Crippen LogP contribution in [-0.4, -0.2) is 0 Å². The van der Waals surface area contributed by atoms with Gasteiger partial charge in [0, 0.05) is 0 Å². The molecule has 0 fully saturated rings. The van der Waals surface area contributed by atoms with Crippen LogP contribution in [0.4, 0.5) is 0 Å². The maximum atomic E-state index is 3.83. The zero-order valence-corrected chi connectivity index (χ0v) is 12.4. The molecule has 92 valence electrons.